The maximum atomic E-state index is 12.1. The third-order valence-corrected chi connectivity index (χ3v) is 4.50. The maximum absolute atomic E-state index is 12.1. The van der Waals surface area contributed by atoms with Gasteiger partial charge in [-0.25, -0.2) is 9.48 Å². The molecule has 1 aromatic carbocycles. The number of carbonyl (C=O) groups excluding carboxylic acids is 2. The Bertz CT molecular complexity index is 968. The van der Waals surface area contributed by atoms with Gasteiger partial charge in [-0.05, 0) is 23.1 Å². The molecule has 0 aliphatic rings. The molecule has 3 rings (SSSR count). The summed E-state index contributed by atoms with van der Waals surface area (Å²) in [6, 6.07) is 15.6. The number of nitrogens with one attached hydrogen (secondary N) is 1. The van der Waals surface area contributed by atoms with Crippen LogP contribution >= 0.6 is 11.3 Å². The van der Waals surface area contributed by atoms with Crippen molar-refractivity contribution in [2.24, 2.45) is 0 Å². The van der Waals surface area contributed by atoms with E-state index < -0.39 is 18.5 Å². The number of ether oxygens (including phenoxy) is 1. The molecule has 0 fully saturated rings. The Kier molecular flexibility index (Phi) is 6.11. The van der Waals surface area contributed by atoms with Gasteiger partial charge in [-0.15, -0.1) is 11.3 Å². The summed E-state index contributed by atoms with van der Waals surface area (Å²) in [7, 11) is 0. The largest absolute Gasteiger partial charge is 0.451 e. The van der Waals surface area contributed by atoms with Crippen molar-refractivity contribution in [3.63, 3.8) is 0 Å². The highest BCUT2D eigenvalue weighted by atomic mass is 32.1. The summed E-state index contributed by atoms with van der Waals surface area (Å²) in [4.78, 5) is 36.8. The Hall–Kier alpha value is -3.26. The summed E-state index contributed by atoms with van der Waals surface area (Å²) in [5, 5.41) is 8.61. The molecule has 2 heterocycles. The Morgan fingerprint density at radius 2 is 1.89 bits per heavy atom. The van der Waals surface area contributed by atoms with Crippen molar-refractivity contribution in [3.05, 3.63) is 86.5 Å². The minimum absolute atomic E-state index is 0.0309. The molecule has 8 heteroatoms. The average molecular weight is 383 g/mol. The van der Waals surface area contributed by atoms with E-state index in [1.54, 1.807) is 0 Å². The third kappa shape index (κ3) is 5.35. The van der Waals surface area contributed by atoms with Crippen LogP contribution in [0, 0.1) is 0 Å². The van der Waals surface area contributed by atoms with Crippen LogP contribution in [-0.2, 0) is 22.6 Å². The highest BCUT2D eigenvalue weighted by Gasteiger charge is 2.13. The van der Waals surface area contributed by atoms with Gasteiger partial charge in [0.1, 0.15) is 0 Å². The van der Waals surface area contributed by atoms with Gasteiger partial charge in [0, 0.05) is 10.9 Å². The van der Waals surface area contributed by atoms with E-state index in [0.717, 1.165) is 10.4 Å². The fourth-order valence-corrected chi connectivity index (χ4v) is 2.93. The van der Waals surface area contributed by atoms with Gasteiger partial charge in [-0.2, -0.15) is 5.10 Å². The van der Waals surface area contributed by atoms with Crippen LogP contribution in [0.3, 0.4) is 0 Å². The molecule has 0 atom stereocenters. The first-order chi connectivity index (χ1) is 13.1. The lowest BCUT2D eigenvalue weighted by atomic mass is 10.2. The smallest absolute Gasteiger partial charge is 0.359 e. The van der Waals surface area contributed by atoms with Crippen molar-refractivity contribution in [1.82, 2.24) is 15.1 Å². The lowest BCUT2D eigenvalue weighted by molar-refractivity contribution is -0.124. The molecule has 0 spiro atoms. The predicted molar refractivity (Wildman–Crippen MR) is 100 cm³/mol. The van der Waals surface area contributed by atoms with E-state index in [1.807, 2.05) is 47.8 Å². The van der Waals surface area contributed by atoms with Crippen molar-refractivity contribution < 1.29 is 14.3 Å². The van der Waals surface area contributed by atoms with Gasteiger partial charge in [0.15, 0.2) is 12.3 Å². The minimum atomic E-state index is -0.761. The molecule has 138 valence electrons. The van der Waals surface area contributed by atoms with Crippen molar-refractivity contribution in [2.75, 3.05) is 6.61 Å². The van der Waals surface area contributed by atoms with Crippen molar-refractivity contribution in [2.45, 2.75) is 13.1 Å². The van der Waals surface area contributed by atoms with Crippen molar-refractivity contribution in [3.8, 4) is 0 Å². The summed E-state index contributed by atoms with van der Waals surface area (Å²) in [6.07, 6.45) is 0. The van der Waals surface area contributed by atoms with Crippen LogP contribution in [0.15, 0.2) is 64.8 Å². The predicted octanol–water partition coefficient (Wildman–Crippen LogP) is 1.83. The van der Waals surface area contributed by atoms with Crippen molar-refractivity contribution >= 4 is 23.2 Å². The summed E-state index contributed by atoms with van der Waals surface area (Å²) in [5.41, 5.74) is 0.520. The van der Waals surface area contributed by atoms with E-state index in [4.69, 9.17) is 4.74 Å². The Labute approximate surface area is 159 Å². The number of benzene rings is 1. The molecule has 2 aromatic heterocycles. The summed E-state index contributed by atoms with van der Waals surface area (Å²) in [5.74, 6) is -1.17. The molecule has 0 aliphatic carbocycles. The van der Waals surface area contributed by atoms with Gasteiger partial charge in [0.2, 0.25) is 0 Å². The lowest BCUT2D eigenvalue weighted by Crippen LogP contribution is -2.29. The molecule has 0 aliphatic heterocycles. The zero-order chi connectivity index (χ0) is 19.1. The van der Waals surface area contributed by atoms with Gasteiger partial charge in [0.25, 0.3) is 11.5 Å². The summed E-state index contributed by atoms with van der Waals surface area (Å²) in [6.45, 7) is 0.208. The number of aromatic nitrogens is 2. The van der Waals surface area contributed by atoms with E-state index in [-0.39, 0.29) is 17.8 Å². The van der Waals surface area contributed by atoms with Gasteiger partial charge in [-0.3, -0.25) is 9.59 Å². The highest BCUT2D eigenvalue weighted by Crippen LogP contribution is 2.07. The number of amides is 1. The molecule has 0 radical (unpaired) electrons. The molecule has 3 aromatic rings. The second kappa shape index (κ2) is 8.91. The molecule has 27 heavy (non-hydrogen) atoms. The van der Waals surface area contributed by atoms with E-state index in [9.17, 15) is 14.4 Å². The van der Waals surface area contributed by atoms with Crippen LogP contribution < -0.4 is 10.9 Å². The van der Waals surface area contributed by atoms with Crippen LogP contribution in [0.25, 0.3) is 0 Å². The first kappa shape index (κ1) is 18.5. The Balaban J connectivity index is 1.57. The zero-order valence-corrected chi connectivity index (χ0v) is 15.1. The Morgan fingerprint density at radius 3 is 2.63 bits per heavy atom. The van der Waals surface area contributed by atoms with Gasteiger partial charge in [0.05, 0.1) is 13.1 Å². The first-order valence-electron chi connectivity index (χ1n) is 8.20. The topological polar surface area (TPSA) is 90.3 Å². The van der Waals surface area contributed by atoms with Gasteiger partial charge < -0.3 is 10.1 Å². The fraction of sp³-hybridized carbons (Fsp3) is 0.158. The molecular weight excluding hydrogens is 366 g/mol. The Morgan fingerprint density at radius 1 is 1.07 bits per heavy atom. The van der Waals surface area contributed by atoms with Crippen LogP contribution in [0.2, 0.25) is 0 Å². The normalized spacial score (nSPS) is 10.4. The van der Waals surface area contributed by atoms with Gasteiger partial charge in [-0.1, -0.05) is 36.4 Å². The molecule has 0 unspecified atom stereocenters. The van der Waals surface area contributed by atoms with E-state index in [1.165, 1.54) is 28.2 Å². The van der Waals surface area contributed by atoms with E-state index >= 15 is 0 Å². The molecule has 0 saturated heterocycles. The summed E-state index contributed by atoms with van der Waals surface area (Å²) < 4.78 is 6.16. The second-order valence-electron chi connectivity index (χ2n) is 5.63. The van der Waals surface area contributed by atoms with Crippen LogP contribution in [-0.4, -0.2) is 28.3 Å². The van der Waals surface area contributed by atoms with E-state index in [2.05, 4.69) is 10.4 Å². The SMILES string of the molecule is O=C(COC(=O)c1ccc(=O)n(Cc2ccccc2)n1)NCc1cccs1. The third-order valence-electron chi connectivity index (χ3n) is 3.63. The second-order valence-corrected chi connectivity index (χ2v) is 6.66. The molecule has 7 nitrogen and oxygen atoms in total. The number of hydrogen-bond donors (Lipinski definition) is 1. The van der Waals surface area contributed by atoms with Crippen molar-refractivity contribution in [1.29, 1.82) is 0 Å². The molecule has 0 bridgehead atoms. The maximum Gasteiger partial charge on any atom is 0.359 e. The number of thiophene rings is 1. The summed E-state index contributed by atoms with van der Waals surface area (Å²) >= 11 is 1.52. The number of esters is 1. The zero-order valence-electron chi connectivity index (χ0n) is 14.3. The highest BCUT2D eigenvalue weighted by molar-refractivity contribution is 7.09. The quantitative estimate of drug-likeness (QED) is 0.629. The molecule has 0 saturated carbocycles. The van der Waals surface area contributed by atoms with E-state index in [0.29, 0.717) is 6.54 Å². The standard InChI is InChI=1S/C19H17N3O4S/c23-17(20-11-15-7-4-10-27-15)13-26-19(25)16-8-9-18(24)22(21-16)12-14-5-2-1-3-6-14/h1-10H,11-13H2,(H,20,23). The first-order valence-corrected chi connectivity index (χ1v) is 9.08. The lowest BCUT2D eigenvalue weighted by Gasteiger charge is -2.08. The molecule has 1 N–H and O–H groups in total. The van der Waals surface area contributed by atoms with Crippen LogP contribution in [0.1, 0.15) is 20.9 Å². The average Bonchev–Trinajstić information content (AvgIpc) is 3.20. The van der Waals surface area contributed by atoms with Crippen LogP contribution in [0.5, 0.6) is 0 Å². The number of carbonyl (C=O) groups is 2. The van der Waals surface area contributed by atoms with Crippen LogP contribution in [0.4, 0.5) is 0 Å². The number of nitrogens with zero attached hydrogens (tertiary/aromatic N) is 2. The fourth-order valence-electron chi connectivity index (χ4n) is 2.28. The molecule has 1 amide bonds. The molecular formula is C19H17N3O4S. The minimum Gasteiger partial charge on any atom is -0.451 e. The number of hydrogen-bond acceptors (Lipinski definition) is 6. The monoisotopic (exact) mass is 383 g/mol. The van der Waals surface area contributed by atoms with Gasteiger partial charge >= 0.3 is 5.97 Å². The number of rotatable bonds is 7.